The van der Waals surface area contributed by atoms with E-state index >= 15 is 0 Å². The van der Waals surface area contributed by atoms with Crippen LogP contribution in [0.25, 0.3) is 0 Å². The number of methoxy groups -OCH3 is 1. The Hall–Kier alpha value is -0.340. The largest absolute Gasteiger partial charge is 0.389 e. The van der Waals surface area contributed by atoms with E-state index in [2.05, 4.69) is 26.0 Å². The molecule has 2 unspecified atom stereocenters. The fourth-order valence-electron chi connectivity index (χ4n) is 5.99. The van der Waals surface area contributed by atoms with Crippen LogP contribution < -0.4 is 0 Å². The molecular formula is C15H22O2. The number of ether oxygens (including phenoxy) is 1. The maximum atomic E-state index is 11.0. The van der Waals surface area contributed by atoms with Gasteiger partial charge in [-0.2, -0.15) is 0 Å². The third kappa shape index (κ3) is 0.769. The van der Waals surface area contributed by atoms with Crippen molar-refractivity contribution in [3.05, 3.63) is 12.2 Å². The quantitative estimate of drug-likeness (QED) is 0.743. The Bertz CT molecular complexity index is 415. The van der Waals surface area contributed by atoms with Gasteiger partial charge in [-0.1, -0.05) is 26.0 Å². The predicted octanol–water partition coefficient (Wildman–Crippen LogP) is 2.37. The van der Waals surface area contributed by atoms with E-state index in [0.29, 0.717) is 29.1 Å². The second-order valence-electron chi connectivity index (χ2n) is 6.94. The first kappa shape index (κ1) is 10.6. The number of hydrogen-bond acceptors (Lipinski definition) is 2. The summed E-state index contributed by atoms with van der Waals surface area (Å²) in [5.41, 5.74) is -0.0729. The minimum Gasteiger partial charge on any atom is -0.389 e. The zero-order valence-corrected chi connectivity index (χ0v) is 10.9. The minimum atomic E-state index is -0.445. The van der Waals surface area contributed by atoms with Crippen LogP contribution in [0.1, 0.15) is 33.1 Å². The molecule has 4 aliphatic carbocycles. The van der Waals surface area contributed by atoms with E-state index in [4.69, 9.17) is 4.74 Å². The second kappa shape index (κ2) is 2.65. The number of rotatable bonds is 2. The highest BCUT2D eigenvalue weighted by Crippen LogP contribution is 2.86. The van der Waals surface area contributed by atoms with Crippen LogP contribution in [0.2, 0.25) is 0 Å². The summed E-state index contributed by atoms with van der Waals surface area (Å²) >= 11 is 0. The lowest BCUT2D eigenvalue weighted by molar-refractivity contribution is -0.0510. The second-order valence-corrected chi connectivity index (χ2v) is 6.94. The van der Waals surface area contributed by atoms with E-state index in [9.17, 15) is 5.11 Å². The first-order chi connectivity index (χ1) is 8.04. The zero-order chi connectivity index (χ0) is 12.1. The van der Waals surface area contributed by atoms with Gasteiger partial charge in [0.05, 0.1) is 11.2 Å². The molecule has 0 bridgehead atoms. The summed E-state index contributed by atoms with van der Waals surface area (Å²) in [5, 5.41) is 11.0. The molecule has 94 valence electrons. The number of aliphatic hydroxyl groups is 1. The lowest BCUT2D eigenvalue weighted by Gasteiger charge is -2.35. The summed E-state index contributed by atoms with van der Waals surface area (Å²) in [4.78, 5) is 0. The van der Waals surface area contributed by atoms with Crippen molar-refractivity contribution in [1.29, 1.82) is 0 Å². The molecule has 0 aromatic heterocycles. The van der Waals surface area contributed by atoms with Crippen LogP contribution in [-0.4, -0.2) is 23.4 Å². The first-order valence-corrected chi connectivity index (χ1v) is 7.00. The van der Waals surface area contributed by atoms with Crippen LogP contribution in [0.4, 0.5) is 0 Å². The maximum absolute atomic E-state index is 11.0. The Labute approximate surface area is 103 Å². The lowest BCUT2D eigenvalue weighted by atomic mass is 9.76. The standard InChI is InChI=1S/C15H22O2/c1-9(2)14(16)7-6-13-11-5-4-10(8-12(13)14)15(11,13)17-3/h4-5,9-12,16H,6-8H2,1-3H3/t10-,11?,12-,13?,14-,15-/m0/s1. The van der Waals surface area contributed by atoms with Gasteiger partial charge in [-0.25, -0.2) is 0 Å². The molecule has 0 saturated heterocycles. The molecule has 6 atom stereocenters. The molecule has 17 heavy (non-hydrogen) atoms. The smallest absolute Gasteiger partial charge is 0.0876 e. The molecular weight excluding hydrogens is 212 g/mol. The van der Waals surface area contributed by atoms with Crippen molar-refractivity contribution in [2.75, 3.05) is 7.11 Å². The monoisotopic (exact) mass is 234 g/mol. The van der Waals surface area contributed by atoms with Gasteiger partial charge in [0.15, 0.2) is 0 Å². The molecule has 0 aromatic carbocycles. The number of hydrogen-bond donors (Lipinski definition) is 1. The summed E-state index contributed by atoms with van der Waals surface area (Å²) in [6.45, 7) is 4.34. The molecule has 2 nitrogen and oxygen atoms in total. The van der Waals surface area contributed by atoms with Crippen LogP contribution in [-0.2, 0) is 4.74 Å². The minimum absolute atomic E-state index is 0.0804. The summed E-state index contributed by atoms with van der Waals surface area (Å²) in [7, 11) is 1.87. The molecule has 1 spiro atoms. The Morgan fingerprint density at radius 1 is 1.29 bits per heavy atom. The van der Waals surface area contributed by atoms with Crippen LogP contribution in [0.5, 0.6) is 0 Å². The highest BCUT2D eigenvalue weighted by atomic mass is 16.5. The van der Waals surface area contributed by atoms with Crippen LogP contribution >= 0.6 is 0 Å². The Morgan fingerprint density at radius 3 is 2.65 bits per heavy atom. The third-order valence-corrected chi connectivity index (χ3v) is 6.74. The van der Waals surface area contributed by atoms with E-state index < -0.39 is 5.60 Å². The molecule has 3 fully saturated rings. The molecule has 0 radical (unpaired) electrons. The van der Waals surface area contributed by atoms with Gasteiger partial charge in [-0.05, 0) is 31.1 Å². The third-order valence-electron chi connectivity index (χ3n) is 6.74. The van der Waals surface area contributed by atoms with E-state index in [1.54, 1.807) is 0 Å². The van der Waals surface area contributed by atoms with Crippen molar-refractivity contribution in [2.24, 2.45) is 29.1 Å². The summed E-state index contributed by atoms with van der Waals surface area (Å²) in [5.74, 6) is 1.98. The van der Waals surface area contributed by atoms with E-state index in [1.807, 2.05) is 7.11 Å². The fraction of sp³-hybridized carbons (Fsp3) is 0.867. The molecule has 4 aliphatic rings. The Morgan fingerprint density at radius 2 is 2.06 bits per heavy atom. The summed E-state index contributed by atoms with van der Waals surface area (Å²) < 4.78 is 5.96. The molecule has 1 N–H and O–H groups in total. The van der Waals surface area contributed by atoms with Crippen molar-refractivity contribution in [3.63, 3.8) is 0 Å². The van der Waals surface area contributed by atoms with Crippen molar-refractivity contribution in [2.45, 2.75) is 44.3 Å². The topological polar surface area (TPSA) is 29.5 Å². The maximum Gasteiger partial charge on any atom is 0.0876 e. The van der Waals surface area contributed by atoms with Gasteiger partial charge in [0, 0.05) is 24.4 Å². The molecule has 0 heterocycles. The van der Waals surface area contributed by atoms with Gasteiger partial charge in [0.2, 0.25) is 0 Å². The van der Waals surface area contributed by atoms with E-state index in [1.165, 1.54) is 0 Å². The van der Waals surface area contributed by atoms with Gasteiger partial charge < -0.3 is 9.84 Å². The molecule has 4 rings (SSSR count). The average Bonchev–Trinajstić information content (AvgIpc) is 2.54. The first-order valence-electron chi connectivity index (χ1n) is 7.00. The molecule has 0 amide bonds. The normalized spacial score (nSPS) is 62.1. The SMILES string of the molecule is CO[C@]12C3C=C[C@H]1C[C@H]1C32CC[C@]1(O)C(C)C. The molecule has 0 aliphatic heterocycles. The fourth-order valence-corrected chi connectivity index (χ4v) is 5.99. The molecule has 2 heteroatoms. The van der Waals surface area contributed by atoms with Gasteiger partial charge in [-0.3, -0.25) is 0 Å². The van der Waals surface area contributed by atoms with Gasteiger partial charge >= 0.3 is 0 Å². The van der Waals surface area contributed by atoms with Gasteiger partial charge in [0.1, 0.15) is 0 Å². The molecule has 3 saturated carbocycles. The van der Waals surface area contributed by atoms with Crippen LogP contribution in [0, 0.1) is 29.1 Å². The predicted molar refractivity (Wildman–Crippen MR) is 65.4 cm³/mol. The van der Waals surface area contributed by atoms with Gasteiger partial charge in [0.25, 0.3) is 0 Å². The van der Waals surface area contributed by atoms with E-state index in [0.717, 1.165) is 19.3 Å². The lowest BCUT2D eigenvalue weighted by Crippen LogP contribution is -2.40. The summed E-state index contributed by atoms with van der Waals surface area (Å²) in [6, 6.07) is 0. The van der Waals surface area contributed by atoms with Crippen LogP contribution in [0.3, 0.4) is 0 Å². The highest BCUT2D eigenvalue weighted by molar-refractivity contribution is 5.46. The summed E-state index contributed by atoms with van der Waals surface area (Å²) in [6.07, 6.45) is 7.98. The van der Waals surface area contributed by atoms with Crippen molar-refractivity contribution in [1.82, 2.24) is 0 Å². The molecule has 0 aromatic rings. The zero-order valence-electron chi connectivity index (χ0n) is 10.9. The average molecular weight is 234 g/mol. The van der Waals surface area contributed by atoms with E-state index in [-0.39, 0.29) is 5.60 Å². The van der Waals surface area contributed by atoms with Crippen molar-refractivity contribution < 1.29 is 9.84 Å². The van der Waals surface area contributed by atoms with Gasteiger partial charge in [-0.15, -0.1) is 0 Å². The highest BCUT2D eigenvalue weighted by Gasteiger charge is 2.90. The van der Waals surface area contributed by atoms with Crippen molar-refractivity contribution >= 4 is 0 Å². The van der Waals surface area contributed by atoms with Crippen molar-refractivity contribution in [3.8, 4) is 0 Å². The van der Waals surface area contributed by atoms with Crippen LogP contribution in [0.15, 0.2) is 12.2 Å². The Kier molecular flexibility index (Phi) is 1.65. The Balaban J connectivity index is 1.81.